The van der Waals surface area contributed by atoms with Crippen molar-refractivity contribution in [1.29, 1.82) is 0 Å². The van der Waals surface area contributed by atoms with Crippen molar-refractivity contribution in [3.63, 3.8) is 0 Å². The Kier molecular flexibility index (Phi) is 7.44. The van der Waals surface area contributed by atoms with Gasteiger partial charge in [0.1, 0.15) is 12.0 Å². The molecule has 0 amide bonds. The molecule has 7 rings (SSSR count). The largest absolute Gasteiger partial charge is 0.463 e. The van der Waals surface area contributed by atoms with Crippen LogP contribution < -0.4 is 0 Å². The molecule has 1 atom stereocenters. The van der Waals surface area contributed by atoms with E-state index in [-0.39, 0.29) is 5.92 Å². The van der Waals surface area contributed by atoms with Crippen LogP contribution in [0, 0.1) is 11.8 Å². The summed E-state index contributed by atoms with van der Waals surface area (Å²) in [5, 5.41) is 4.45. The van der Waals surface area contributed by atoms with Crippen LogP contribution in [0.25, 0.3) is 33.2 Å². The zero-order valence-electron chi connectivity index (χ0n) is 24.0. The Labute approximate surface area is 257 Å². The highest BCUT2D eigenvalue weighted by Gasteiger charge is 2.32. The lowest BCUT2D eigenvalue weighted by Gasteiger charge is -2.29. The fraction of sp³-hybridized carbons (Fsp3) is 0.0238. The minimum Gasteiger partial charge on any atom is -0.463 e. The van der Waals surface area contributed by atoms with Gasteiger partial charge in [-0.25, -0.2) is 0 Å². The quantitative estimate of drug-likeness (QED) is 0.118. The highest BCUT2D eigenvalue weighted by molar-refractivity contribution is 6.01. The lowest BCUT2D eigenvalue weighted by molar-refractivity contribution is -0.104. The molecule has 2 heteroatoms. The van der Waals surface area contributed by atoms with Crippen molar-refractivity contribution in [3.05, 3.63) is 191 Å². The van der Waals surface area contributed by atoms with E-state index in [0.29, 0.717) is 11.3 Å². The van der Waals surface area contributed by atoms with Crippen LogP contribution in [-0.4, -0.2) is 6.29 Å². The summed E-state index contributed by atoms with van der Waals surface area (Å²) in [6.07, 6.45) is 4.49. The molecule has 0 spiro atoms. The van der Waals surface area contributed by atoms with Gasteiger partial charge < -0.3 is 4.74 Å². The summed E-state index contributed by atoms with van der Waals surface area (Å²) in [5.74, 6) is 7.22. The third-order valence-corrected chi connectivity index (χ3v) is 8.00. The van der Waals surface area contributed by atoms with Gasteiger partial charge in [-0.2, -0.15) is 0 Å². The van der Waals surface area contributed by atoms with Crippen molar-refractivity contribution in [2.75, 3.05) is 0 Å². The molecule has 44 heavy (non-hydrogen) atoms. The third-order valence-electron chi connectivity index (χ3n) is 8.00. The lowest BCUT2D eigenvalue weighted by atomic mass is 9.78. The van der Waals surface area contributed by atoms with Gasteiger partial charge in [0.25, 0.3) is 0 Å². The maximum atomic E-state index is 12.8. The predicted molar refractivity (Wildman–Crippen MR) is 181 cm³/mol. The highest BCUT2D eigenvalue weighted by Crippen LogP contribution is 2.46. The number of carbonyl (C=O) groups excluding carboxylic acids is 1. The molecule has 0 saturated carbocycles. The molecule has 6 aromatic rings. The van der Waals surface area contributed by atoms with E-state index in [9.17, 15) is 4.79 Å². The maximum absolute atomic E-state index is 12.8. The number of benzene rings is 6. The van der Waals surface area contributed by atoms with Crippen molar-refractivity contribution in [1.82, 2.24) is 0 Å². The van der Waals surface area contributed by atoms with E-state index < -0.39 is 0 Å². The smallest absolute Gasteiger partial charge is 0.153 e. The number of fused-ring (bicyclic) bond motifs is 2. The summed E-state index contributed by atoms with van der Waals surface area (Å²) in [4.78, 5) is 12.8. The van der Waals surface area contributed by atoms with Gasteiger partial charge in [0.2, 0.25) is 0 Å². The van der Waals surface area contributed by atoms with Gasteiger partial charge in [-0.15, -0.1) is 0 Å². The molecule has 6 aromatic carbocycles. The van der Waals surface area contributed by atoms with Gasteiger partial charge in [0.05, 0.1) is 5.57 Å². The third kappa shape index (κ3) is 5.24. The van der Waals surface area contributed by atoms with Gasteiger partial charge in [-0.1, -0.05) is 151 Å². The Morgan fingerprint density at radius 1 is 0.614 bits per heavy atom. The van der Waals surface area contributed by atoms with Gasteiger partial charge in [-0.3, -0.25) is 4.79 Å². The number of carbonyl (C=O) groups is 1. The topological polar surface area (TPSA) is 26.3 Å². The summed E-state index contributed by atoms with van der Waals surface area (Å²) in [6, 6.07) is 49.3. The molecule has 0 saturated heterocycles. The van der Waals surface area contributed by atoms with E-state index in [2.05, 4.69) is 78.6 Å². The Hall–Kier alpha value is -5.91. The Morgan fingerprint density at radius 3 is 1.98 bits per heavy atom. The van der Waals surface area contributed by atoms with E-state index >= 15 is 0 Å². The number of ether oxygens (including phenoxy) is 1. The highest BCUT2D eigenvalue weighted by atomic mass is 16.5. The van der Waals surface area contributed by atoms with Crippen LogP contribution in [0.15, 0.2) is 169 Å². The first kappa shape index (κ1) is 27.0. The number of hydrogen-bond acceptors (Lipinski definition) is 2. The van der Waals surface area contributed by atoms with Gasteiger partial charge in [0.15, 0.2) is 6.29 Å². The molecule has 1 aliphatic heterocycles. The van der Waals surface area contributed by atoms with Gasteiger partial charge in [0, 0.05) is 22.6 Å². The monoisotopic (exact) mass is 564 g/mol. The Bertz CT molecular complexity index is 2150. The van der Waals surface area contributed by atoms with Crippen LogP contribution in [-0.2, 0) is 9.53 Å². The van der Waals surface area contributed by atoms with Crippen LogP contribution in [0.5, 0.6) is 0 Å². The van der Waals surface area contributed by atoms with Crippen LogP contribution in [0.2, 0.25) is 0 Å². The second-order valence-corrected chi connectivity index (χ2v) is 10.7. The SMILES string of the molecule is O=C/C(=C/c1ccccc1)C1=C(c2cccc3ccccc23)C(c2ccccc2)C(C#Cc2cccc3ccccc23)=CO1. The van der Waals surface area contributed by atoms with Crippen LogP contribution in [0.4, 0.5) is 0 Å². The average molecular weight is 565 g/mol. The normalized spacial score (nSPS) is 14.9. The summed E-state index contributed by atoms with van der Waals surface area (Å²) < 4.78 is 6.47. The molecule has 1 heterocycles. The summed E-state index contributed by atoms with van der Waals surface area (Å²) in [6.45, 7) is 0. The van der Waals surface area contributed by atoms with E-state index in [0.717, 1.165) is 61.2 Å². The molecule has 2 nitrogen and oxygen atoms in total. The zero-order valence-corrected chi connectivity index (χ0v) is 24.0. The molecule has 0 fully saturated rings. The Morgan fingerprint density at radius 2 is 1.23 bits per heavy atom. The molecule has 0 bridgehead atoms. The summed E-state index contributed by atoms with van der Waals surface area (Å²) in [7, 11) is 0. The molecule has 1 aliphatic rings. The second kappa shape index (κ2) is 12.1. The van der Waals surface area contributed by atoms with Crippen molar-refractivity contribution in [2.24, 2.45) is 0 Å². The first-order valence-corrected chi connectivity index (χ1v) is 14.7. The first-order chi connectivity index (χ1) is 21.8. The van der Waals surface area contributed by atoms with Crippen molar-refractivity contribution >= 4 is 39.5 Å². The lowest BCUT2D eigenvalue weighted by Crippen LogP contribution is -2.15. The molecule has 0 aliphatic carbocycles. The van der Waals surface area contributed by atoms with Crippen molar-refractivity contribution in [3.8, 4) is 11.8 Å². The summed E-state index contributed by atoms with van der Waals surface area (Å²) in [5.41, 5.74) is 6.15. The Balaban J connectivity index is 1.48. The fourth-order valence-corrected chi connectivity index (χ4v) is 5.95. The molecule has 208 valence electrons. The van der Waals surface area contributed by atoms with Gasteiger partial charge in [-0.05, 0) is 50.4 Å². The predicted octanol–water partition coefficient (Wildman–Crippen LogP) is 9.74. The maximum Gasteiger partial charge on any atom is 0.153 e. The van der Waals surface area contributed by atoms with Crippen molar-refractivity contribution < 1.29 is 9.53 Å². The number of rotatable bonds is 5. The second-order valence-electron chi connectivity index (χ2n) is 10.7. The first-order valence-electron chi connectivity index (χ1n) is 14.7. The van der Waals surface area contributed by atoms with Gasteiger partial charge >= 0.3 is 0 Å². The average Bonchev–Trinajstić information content (AvgIpc) is 3.10. The minimum absolute atomic E-state index is 0.271. The molecular formula is C42H28O2. The number of hydrogen-bond donors (Lipinski definition) is 0. The van der Waals surface area contributed by atoms with Crippen LogP contribution >= 0.6 is 0 Å². The van der Waals surface area contributed by atoms with E-state index in [1.807, 2.05) is 84.9 Å². The van der Waals surface area contributed by atoms with E-state index in [4.69, 9.17) is 4.74 Å². The fourth-order valence-electron chi connectivity index (χ4n) is 5.95. The summed E-state index contributed by atoms with van der Waals surface area (Å²) >= 11 is 0. The van der Waals surface area contributed by atoms with Crippen molar-refractivity contribution in [2.45, 2.75) is 5.92 Å². The van der Waals surface area contributed by atoms with E-state index in [1.54, 1.807) is 6.26 Å². The van der Waals surface area contributed by atoms with Crippen LogP contribution in [0.3, 0.4) is 0 Å². The number of allylic oxidation sites excluding steroid dienone is 3. The molecule has 0 radical (unpaired) electrons. The zero-order chi connectivity index (χ0) is 29.7. The molecule has 0 N–H and O–H groups in total. The van der Waals surface area contributed by atoms with Crippen LogP contribution in [0.1, 0.15) is 28.2 Å². The van der Waals surface area contributed by atoms with E-state index in [1.165, 1.54) is 0 Å². The molecular weight excluding hydrogens is 536 g/mol. The molecule has 0 aromatic heterocycles. The standard InChI is InChI=1S/C42H28O2/c43-28-36(27-30-13-3-1-4-14-30)42-41(39-24-12-21-32-16-8-10-23-38(32)39)40(34-17-5-2-6-18-34)35(29-44-42)26-25-33-20-11-19-31-15-7-9-22-37(31)33/h1-24,27-29,40H/b36-27-. The minimum atomic E-state index is -0.271. The number of aldehydes is 1. The molecule has 1 unspecified atom stereocenters.